The lowest BCUT2D eigenvalue weighted by Gasteiger charge is -2.05. The Hall–Kier alpha value is -1.79. The minimum atomic E-state index is 0.633. The van der Waals surface area contributed by atoms with Crippen LogP contribution in [0.25, 0.3) is 11.3 Å². The van der Waals surface area contributed by atoms with Crippen molar-refractivity contribution in [1.82, 2.24) is 4.98 Å². The molecule has 0 aliphatic heterocycles. The standard InChI is InChI=1S/C14H12N2S/c1-10-3-5-11(6-4-10)13-7-14(17-2)12(8-15)9-16-13/h3-7,9H,1-2H3. The van der Waals surface area contributed by atoms with Crippen molar-refractivity contribution < 1.29 is 0 Å². The maximum atomic E-state index is 8.94. The monoisotopic (exact) mass is 240 g/mol. The molecule has 0 amide bonds. The molecule has 0 N–H and O–H groups in total. The Balaban J connectivity index is 2.47. The first-order chi connectivity index (χ1) is 8.24. The Morgan fingerprint density at radius 3 is 2.53 bits per heavy atom. The van der Waals surface area contributed by atoms with E-state index in [1.807, 2.05) is 24.5 Å². The molecular formula is C14H12N2S. The zero-order chi connectivity index (χ0) is 12.3. The van der Waals surface area contributed by atoms with Crippen molar-refractivity contribution in [2.75, 3.05) is 6.26 Å². The number of thioether (sulfide) groups is 1. The van der Waals surface area contributed by atoms with Crippen molar-refractivity contribution in [1.29, 1.82) is 5.26 Å². The fraction of sp³-hybridized carbons (Fsp3) is 0.143. The molecule has 0 unspecified atom stereocenters. The van der Waals surface area contributed by atoms with Crippen molar-refractivity contribution in [3.8, 4) is 17.3 Å². The lowest BCUT2D eigenvalue weighted by Crippen LogP contribution is -1.88. The average molecular weight is 240 g/mol. The number of hydrogen-bond donors (Lipinski definition) is 0. The highest BCUT2D eigenvalue weighted by atomic mass is 32.2. The first-order valence-corrected chi connectivity index (χ1v) is 6.48. The molecule has 0 saturated heterocycles. The molecule has 2 nitrogen and oxygen atoms in total. The third-order valence-corrected chi connectivity index (χ3v) is 3.33. The van der Waals surface area contributed by atoms with Gasteiger partial charge in [0.1, 0.15) is 6.07 Å². The number of rotatable bonds is 2. The third kappa shape index (κ3) is 2.48. The van der Waals surface area contributed by atoms with Gasteiger partial charge < -0.3 is 0 Å². The molecule has 0 aliphatic rings. The van der Waals surface area contributed by atoms with Gasteiger partial charge in [-0.3, -0.25) is 4.98 Å². The van der Waals surface area contributed by atoms with Crippen LogP contribution >= 0.6 is 11.8 Å². The number of nitrogens with zero attached hydrogens (tertiary/aromatic N) is 2. The van der Waals surface area contributed by atoms with Crippen molar-refractivity contribution in [3.05, 3.63) is 47.7 Å². The molecule has 0 saturated carbocycles. The van der Waals surface area contributed by atoms with E-state index >= 15 is 0 Å². The van der Waals surface area contributed by atoms with Crippen LogP contribution in [0.1, 0.15) is 11.1 Å². The van der Waals surface area contributed by atoms with E-state index in [0.717, 1.165) is 16.2 Å². The molecule has 17 heavy (non-hydrogen) atoms. The fourth-order valence-electron chi connectivity index (χ4n) is 1.57. The van der Waals surface area contributed by atoms with Crippen LogP contribution in [0.3, 0.4) is 0 Å². The van der Waals surface area contributed by atoms with Crippen LogP contribution in [0.15, 0.2) is 41.4 Å². The summed E-state index contributed by atoms with van der Waals surface area (Å²) in [5, 5.41) is 8.94. The predicted molar refractivity (Wildman–Crippen MR) is 70.9 cm³/mol. The summed E-state index contributed by atoms with van der Waals surface area (Å²) in [5.74, 6) is 0. The summed E-state index contributed by atoms with van der Waals surface area (Å²) in [6.07, 6.45) is 3.61. The first kappa shape index (κ1) is 11.7. The van der Waals surface area contributed by atoms with Crippen LogP contribution in [0.5, 0.6) is 0 Å². The maximum absolute atomic E-state index is 8.94. The Bertz CT molecular complexity index is 568. The highest BCUT2D eigenvalue weighted by Gasteiger charge is 2.05. The summed E-state index contributed by atoms with van der Waals surface area (Å²) >= 11 is 1.57. The van der Waals surface area contributed by atoms with Crippen molar-refractivity contribution >= 4 is 11.8 Å². The molecule has 0 aliphatic carbocycles. The lowest BCUT2D eigenvalue weighted by atomic mass is 10.1. The second-order valence-corrected chi connectivity index (χ2v) is 4.60. The number of nitriles is 1. The van der Waals surface area contributed by atoms with Crippen molar-refractivity contribution in [2.45, 2.75) is 11.8 Å². The van der Waals surface area contributed by atoms with E-state index in [-0.39, 0.29) is 0 Å². The molecule has 2 aromatic rings. The van der Waals surface area contributed by atoms with E-state index in [0.29, 0.717) is 5.56 Å². The zero-order valence-corrected chi connectivity index (χ0v) is 10.6. The van der Waals surface area contributed by atoms with E-state index in [2.05, 4.69) is 30.1 Å². The highest BCUT2D eigenvalue weighted by Crippen LogP contribution is 2.25. The van der Waals surface area contributed by atoms with Gasteiger partial charge in [0.05, 0.1) is 11.3 Å². The van der Waals surface area contributed by atoms with Gasteiger partial charge in [-0.15, -0.1) is 11.8 Å². The number of benzene rings is 1. The lowest BCUT2D eigenvalue weighted by molar-refractivity contribution is 1.23. The van der Waals surface area contributed by atoms with Crippen LogP contribution in [0, 0.1) is 18.3 Å². The van der Waals surface area contributed by atoms with Gasteiger partial charge in [-0.1, -0.05) is 29.8 Å². The molecule has 0 bridgehead atoms. The van der Waals surface area contributed by atoms with Crippen molar-refractivity contribution in [2.24, 2.45) is 0 Å². The zero-order valence-electron chi connectivity index (χ0n) is 9.77. The molecule has 0 atom stereocenters. The SMILES string of the molecule is CSc1cc(-c2ccc(C)cc2)ncc1C#N. The van der Waals surface area contributed by atoms with E-state index in [9.17, 15) is 0 Å². The van der Waals surface area contributed by atoms with Gasteiger partial charge in [0, 0.05) is 16.7 Å². The average Bonchev–Trinajstić information content (AvgIpc) is 2.39. The Morgan fingerprint density at radius 2 is 1.94 bits per heavy atom. The Labute approximate surface area is 105 Å². The van der Waals surface area contributed by atoms with E-state index in [1.165, 1.54) is 5.56 Å². The number of aromatic nitrogens is 1. The minimum Gasteiger partial charge on any atom is -0.255 e. The maximum Gasteiger partial charge on any atom is 0.102 e. The molecule has 1 aromatic carbocycles. The topological polar surface area (TPSA) is 36.7 Å². The molecular weight excluding hydrogens is 228 g/mol. The van der Waals surface area contributed by atoms with E-state index < -0.39 is 0 Å². The fourth-order valence-corrected chi connectivity index (χ4v) is 2.12. The quantitative estimate of drug-likeness (QED) is 0.752. The van der Waals surface area contributed by atoms with Gasteiger partial charge >= 0.3 is 0 Å². The Kier molecular flexibility index (Phi) is 3.46. The van der Waals surface area contributed by atoms with Gasteiger partial charge in [0.2, 0.25) is 0 Å². The van der Waals surface area contributed by atoms with E-state index in [4.69, 9.17) is 5.26 Å². The van der Waals surface area contributed by atoms with Gasteiger partial charge in [-0.05, 0) is 19.2 Å². The molecule has 1 heterocycles. The summed E-state index contributed by atoms with van der Waals surface area (Å²) < 4.78 is 0. The van der Waals surface area contributed by atoms with Gasteiger partial charge in [0.25, 0.3) is 0 Å². The summed E-state index contributed by atoms with van der Waals surface area (Å²) in [4.78, 5) is 5.29. The first-order valence-electron chi connectivity index (χ1n) is 5.26. The van der Waals surface area contributed by atoms with Gasteiger partial charge in [0.15, 0.2) is 0 Å². The van der Waals surface area contributed by atoms with Crippen LogP contribution in [0.4, 0.5) is 0 Å². The van der Waals surface area contributed by atoms with Crippen molar-refractivity contribution in [3.63, 3.8) is 0 Å². The van der Waals surface area contributed by atoms with E-state index in [1.54, 1.807) is 18.0 Å². The second-order valence-electron chi connectivity index (χ2n) is 3.75. The van der Waals surface area contributed by atoms with Gasteiger partial charge in [-0.2, -0.15) is 5.26 Å². The molecule has 0 radical (unpaired) electrons. The number of hydrogen-bond acceptors (Lipinski definition) is 3. The molecule has 0 spiro atoms. The second kappa shape index (κ2) is 5.03. The van der Waals surface area contributed by atoms with Gasteiger partial charge in [-0.25, -0.2) is 0 Å². The summed E-state index contributed by atoms with van der Waals surface area (Å²) in [5.41, 5.74) is 3.85. The smallest absolute Gasteiger partial charge is 0.102 e. The van der Waals surface area contributed by atoms with Crippen LogP contribution < -0.4 is 0 Å². The van der Waals surface area contributed by atoms with Crippen LogP contribution in [-0.4, -0.2) is 11.2 Å². The molecule has 1 aromatic heterocycles. The molecule has 3 heteroatoms. The summed E-state index contributed by atoms with van der Waals surface area (Å²) in [6.45, 7) is 2.06. The normalized spacial score (nSPS) is 9.94. The minimum absolute atomic E-state index is 0.633. The predicted octanol–water partition coefficient (Wildman–Crippen LogP) is 3.65. The Morgan fingerprint density at radius 1 is 1.24 bits per heavy atom. The summed E-state index contributed by atoms with van der Waals surface area (Å²) in [6, 6.07) is 12.3. The molecule has 84 valence electrons. The molecule has 0 fully saturated rings. The summed E-state index contributed by atoms with van der Waals surface area (Å²) in [7, 11) is 0. The molecule has 2 rings (SSSR count). The largest absolute Gasteiger partial charge is 0.255 e. The van der Waals surface area contributed by atoms with Crippen LogP contribution in [-0.2, 0) is 0 Å². The highest BCUT2D eigenvalue weighted by molar-refractivity contribution is 7.98. The third-order valence-electron chi connectivity index (χ3n) is 2.55. The number of pyridine rings is 1. The van der Waals surface area contributed by atoms with Crippen LogP contribution in [0.2, 0.25) is 0 Å². The number of aryl methyl sites for hydroxylation is 1.